The quantitative estimate of drug-likeness (QED) is 0.360. The number of Topliss-reactive ketones (excluding diaryl/α,β-unsaturated/α-hetero) is 1. The van der Waals surface area contributed by atoms with Crippen molar-refractivity contribution in [2.45, 2.75) is 44.6 Å². The Morgan fingerprint density at radius 3 is 2.61 bits per heavy atom. The molecule has 0 bridgehead atoms. The van der Waals surface area contributed by atoms with Gasteiger partial charge in [-0.3, -0.25) is 14.6 Å². The number of para-hydroxylation sites is 1. The Morgan fingerprint density at radius 2 is 1.91 bits per heavy atom. The molecule has 1 atom stereocenters. The highest BCUT2D eigenvalue weighted by Gasteiger charge is 2.29. The number of carbonyl (C=O) groups is 2. The van der Waals surface area contributed by atoms with Crippen LogP contribution in [0.1, 0.15) is 49.8 Å². The Hall–Kier alpha value is -3.38. The number of ether oxygens (including phenoxy) is 1. The van der Waals surface area contributed by atoms with Crippen LogP contribution in [-0.4, -0.2) is 34.6 Å². The van der Waals surface area contributed by atoms with Gasteiger partial charge >= 0.3 is 5.97 Å². The molecule has 0 spiro atoms. The number of aliphatic hydroxyl groups excluding tert-OH is 1. The van der Waals surface area contributed by atoms with E-state index in [-0.39, 0.29) is 31.0 Å². The molecular weight excluding hydrogens is 421 g/mol. The summed E-state index contributed by atoms with van der Waals surface area (Å²) in [7, 11) is 0. The van der Waals surface area contributed by atoms with Crippen LogP contribution in [0.25, 0.3) is 28.1 Å². The summed E-state index contributed by atoms with van der Waals surface area (Å²) in [6, 6.07) is 14.2. The number of esters is 1. The molecular formula is C27H26FNO4. The van der Waals surface area contributed by atoms with Gasteiger partial charge in [0.05, 0.1) is 23.9 Å². The van der Waals surface area contributed by atoms with Crippen molar-refractivity contribution in [3.63, 3.8) is 0 Å². The number of benzene rings is 2. The second kappa shape index (κ2) is 10.0. The Kier molecular flexibility index (Phi) is 6.94. The number of hydrogen-bond acceptors (Lipinski definition) is 5. The number of aromatic nitrogens is 1. The fourth-order valence-electron chi connectivity index (χ4n) is 3.96. The number of hydrogen-bond donors (Lipinski definition) is 1. The van der Waals surface area contributed by atoms with Crippen molar-refractivity contribution in [2.75, 3.05) is 6.61 Å². The lowest BCUT2D eigenvalue weighted by molar-refractivity contribution is -0.145. The molecule has 0 aliphatic heterocycles. The average Bonchev–Trinajstić information content (AvgIpc) is 3.63. The third kappa shape index (κ3) is 5.52. The Labute approximate surface area is 191 Å². The number of ketones is 1. The van der Waals surface area contributed by atoms with Gasteiger partial charge in [0.25, 0.3) is 0 Å². The van der Waals surface area contributed by atoms with Gasteiger partial charge in [-0.05, 0) is 43.5 Å². The number of nitrogens with zero attached hydrogens (tertiary/aromatic N) is 1. The minimum Gasteiger partial charge on any atom is -0.466 e. The van der Waals surface area contributed by atoms with E-state index in [0.717, 1.165) is 46.1 Å². The van der Waals surface area contributed by atoms with Crippen molar-refractivity contribution in [3.8, 4) is 11.1 Å². The van der Waals surface area contributed by atoms with E-state index in [2.05, 4.69) is 0 Å². The van der Waals surface area contributed by atoms with Crippen LogP contribution < -0.4 is 0 Å². The molecule has 170 valence electrons. The summed E-state index contributed by atoms with van der Waals surface area (Å²) in [6.07, 6.45) is 3.85. The first kappa shape index (κ1) is 22.8. The summed E-state index contributed by atoms with van der Waals surface area (Å²) >= 11 is 0. The second-order valence-electron chi connectivity index (χ2n) is 8.24. The molecule has 0 radical (unpaired) electrons. The zero-order valence-electron chi connectivity index (χ0n) is 18.5. The summed E-state index contributed by atoms with van der Waals surface area (Å²) < 4.78 is 18.4. The van der Waals surface area contributed by atoms with Gasteiger partial charge in [-0.1, -0.05) is 42.5 Å². The van der Waals surface area contributed by atoms with Crippen LogP contribution in [0.5, 0.6) is 0 Å². The molecule has 33 heavy (non-hydrogen) atoms. The maximum Gasteiger partial charge on any atom is 0.313 e. The van der Waals surface area contributed by atoms with E-state index in [1.54, 1.807) is 31.2 Å². The molecule has 1 aromatic heterocycles. The third-order valence-electron chi connectivity index (χ3n) is 5.63. The molecule has 1 unspecified atom stereocenters. The van der Waals surface area contributed by atoms with Crippen LogP contribution in [0.15, 0.2) is 54.6 Å². The van der Waals surface area contributed by atoms with Crippen LogP contribution in [0, 0.1) is 5.82 Å². The van der Waals surface area contributed by atoms with Gasteiger partial charge in [0.2, 0.25) is 0 Å². The summed E-state index contributed by atoms with van der Waals surface area (Å²) in [5.74, 6) is -0.960. The van der Waals surface area contributed by atoms with Gasteiger partial charge < -0.3 is 9.84 Å². The number of aliphatic hydroxyl groups is 1. The summed E-state index contributed by atoms with van der Waals surface area (Å²) in [4.78, 5) is 28.5. The normalized spacial score (nSPS) is 14.5. The molecule has 1 fully saturated rings. The molecule has 1 heterocycles. The fourth-order valence-corrected chi connectivity index (χ4v) is 3.96. The van der Waals surface area contributed by atoms with Crippen LogP contribution in [-0.2, 0) is 14.3 Å². The fraction of sp³-hybridized carbons (Fsp3) is 0.296. The van der Waals surface area contributed by atoms with Crippen molar-refractivity contribution in [1.29, 1.82) is 0 Å². The summed E-state index contributed by atoms with van der Waals surface area (Å²) in [5, 5.41) is 11.4. The van der Waals surface area contributed by atoms with E-state index in [9.17, 15) is 19.1 Å². The lowest BCUT2D eigenvalue weighted by Crippen LogP contribution is -2.16. The van der Waals surface area contributed by atoms with Crippen molar-refractivity contribution in [2.24, 2.45) is 0 Å². The number of halogens is 1. The molecule has 1 N–H and O–H groups in total. The Balaban J connectivity index is 1.71. The Bertz CT molecular complexity index is 1200. The molecule has 1 aliphatic rings. The highest BCUT2D eigenvalue weighted by molar-refractivity contribution is 5.99. The van der Waals surface area contributed by atoms with Gasteiger partial charge in [-0.25, -0.2) is 4.39 Å². The molecule has 1 saturated carbocycles. The van der Waals surface area contributed by atoms with E-state index >= 15 is 0 Å². The van der Waals surface area contributed by atoms with Gasteiger partial charge in [-0.2, -0.15) is 0 Å². The maximum atomic E-state index is 13.6. The molecule has 5 nitrogen and oxygen atoms in total. The van der Waals surface area contributed by atoms with Gasteiger partial charge in [0.1, 0.15) is 18.0 Å². The van der Waals surface area contributed by atoms with Crippen molar-refractivity contribution < 1.29 is 23.8 Å². The Morgan fingerprint density at radius 1 is 1.18 bits per heavy atom. The van der Waals surface area contributed by atoms with Crippen LogP contribution in [0.4, 0.5) is 4.39 Å². The van der Waals surface area contributed by atoms with Crippen LogP contribution >= 0.6 is 0 Å². The molecule has 1 aliphatic carbocycles. The maximum absolute atomic E-state index is 13.6. The van der Waals surface area contributed by atoms with E-state index < -0.39 is 12.1 Å². The first-order chi connectivity index (χ1) is 16.0. The third-order valence-corrected chi connectivity index (χ3v) is 5.63. The molecule has 2 aromatic carbocycles. The van der Waals surface area contributed by atoms with Gasteiger partial charge in [0, 0.05) is 28.9 Å². The average molecular weight is 448 g/mol. The second-order valence-corrected chi connectivity index (χ2v) is 8.24. The standard InChI is InChI=1S/C27H26FNO4/c1-2-33-25(32)16-21(31)15-20(30)13-14-23-26(17-9-11-19(28)12-10-17)22-5-3-4-6-24(22)29-27(23)18-7-8-18/h3-6,9-14,18,20,30H,2,7-8,15-16H2,1H3/b14-13+. The molecule has 0 amide bonds. The number of rotatable bonds is 9. The zero-order chi connectivity index (χ0) is 23.4. The molecule has 4 rings (SSSR count). The molecule has 3 aromatic rings. The number of carbonyl (C=O) groups excluding carboxylic acids is 2. The monoisotopic (exact) mass is 447 g/mol. The lowest BCUT2D eigenvalue weighted by atomic mass is 9.92. The van der Waals surface area contributed by atoms with Crippen LogP contribution in [0.2, 0.25) is 0 Å². The van der Waals surface area contributed by atoms with Crippen LogP contribution in [0.3, 0.4) is 0 Å². The zero-order valence-corrected chi connectivity index (χ0v) is 18.5. The summed E-state index contributed by atoms with van der Waals surface area (Å²) in [5.41, 5.74) is 4.43. The predicted octanol–water partition coefficient (Wildman–Crippen LogP) is 5.20. The van der Waals surface area contributed by atoms with Crippen molar-refractivity contribution >= 4 is 28.7 Å². The summed E-state index contributed by atoms with van der Waals surface area (Å²) in [6.45, 7) is 1.88. The van der Waals surface area contributed by atoms with E-state index in [1.807, 2.05) is 24.3 Å². The van der Waals surface area contributed by atoms with E-state index in [4.69, 9.17) is 9.72 Å². The smallest absolute Gasteiger partial charge is 0.313 e. The topological polar surface area (TPSA) is 76.5 Å². The largest absolute Gasteiger partial charge is 0.466 e. The first-order valence-corrected chi connectivity index (χ1v) is 11.2. The first-order valence-electron chi connectivity index (χ1n) is 11.2. The van der Waals surface area contributed by atoms with Crippen molar-refractivity contribution in [3.05, 3.63) is 71.7 Å². The number of fused-ring (bicyclic) bond motifs is 1. The van der Waals surface area contributed by atoms with Gasteiger partial charge in [0.15, 0.2) is 0 Å². The molecule has 6 heteroatoms. The van der Waals surface area contributed by atoms with Gasteiger partial charge in [-0.15, -0.1) is 0 Å². The highest BCUT2D eigenvalue weighted by atomic mass is 19.1. The predicted molar refractivity (Wildman–Crippen MR) is 125 cm³/mol. The molecule has 0 saturated heterocycles. The minimum atomic E-state index is -1.05. The van der Waals surface area contributed by atoms with E-state index in [1.165, 1.54) is 12.1 Å². The van der Waals surface area contributed by atoms with E-state index in [0.29, 0.717) is 5.92 Å². The van der Waals surface area contributed by atoms with Crippen molar-refractivity contribution in [1.82, 2.24) is 4.98 Å². The highest BCUT2D eigenvalue weighted by Crippen LogP contribution is 2.45. The number of pyridine rings is 1. The lowest BCUT2D eigenvalue weighted by Gasteiger charge is -2.16. The minimum absolute atomic E-state index is 0.180. The SMILES string of the molecule is CCOC(=O)CC(=O)CC(O)/C=C/c1c(C2CC2)nc2ccccc2c1-c1ccc(F)cc1.